The van der Waals surface area contributed by atoms with Crippen molar-refractivity contribution in [1.29, 1.82) is 0 Å². The van der Waals surface area contributed by atoms with Crippen LogP contribution in [0.1, 0.15) is 20.8 Å². The maximum absolute atomic E-state index is 12.8. The lowest BCUT2D eigenvalue weighted by Gasteiger charge is -2.27. The number of hydrogen-bond acceptors (Lipinski definition) is 6. The fourth-order valence-corrected chi connectivity index (χ4v) is 4.40. The van der Waals surface area contributed by atoms with Gasteiger partial charge in [-0.25, -0.2) is 14.3 Å². The van der Waals surface area contributed by atoms with Crippen LogP contribution in [0.2, 0.25) is 0 Å². The molecule has 0 spiro atoms. The third-order valence-electron chi connectivity index (χ3n) is 5.23. The fourth-order valence-electron chi connectivity index (χ4n) is 3.37. The van der Waals surface area contributed by atoms with Gasteiger partial charge in [-0.2, -0.15) is 27.1 Å². The van der Waals surface area contributed by atoms with Crippen LogP contribution in [-0.2, 0) is 24.3 Å². The topological polar surface area (TPSA) is 123 Å². The third-order valence-corrected chi connectivity index (χ3v) is 6.32. The minimum absolute atomic E-state index is 0.0374. The molecule has 15 heteroatoms. The van der Waals surface area contributed by atoms with Crippen molar-refractivity contribution in [1.82, 2.24) is 14.3 Å². The Labute approximate surface area is 209 Å². The highest BCUT2D eigenvalue weighted by Crippen LogP contribution is 2.31. The van der Waals surface area contributed by atoms with Crippen LogP contribution in [0.15, 0.2) is 59.2 Å². The van der Waals surface area contributed by atoms with E-state index >= 15 is 0 Å². The summed E-state index contributed by atoms with van der Waals surface area (Å²) in [4.78, 5) is 36.7. The molecule has 1 amide bonds. The van der Waals surface area contributed by atoms with Crippen molar-refractivity contribution < 1.29 is 36.6 Å². The minimum atomic E-state index is -5.08. The van der Waals surface area contributed by atoms with E-state index in [0.29, 0.717) is 12.1 Å². The number of benzene rings is 1. The Hall–Kier alpha value is -3.85. The van der Waals surface area contributed by atoms with Crippen molar-refractivity contribution >= 4 is 28.2 Å². The van der Waals surface area contributed by atoms with E-state index in [1.165, 1.54) is 22.2 Å². The van der Waals surface area contributed by atoms with Gasteiger partial charge in [0.15, 0.2) is 0 Å². The Kier molecular flexibility index (Phi) is 8.60. The molecule has 198 valence electrons. The van der Waals surface area contributed by atoms with Crippen molar-refractivity contribution in [2.75, 3.05) is 18.0 Å². The van der Waals surface area contributed by atoms with Gasteiger partial charge >= 0.3 is 17.8 Å². The summed E-state index contributed by atoms with van der Waals surface area (Å²) < 4.78 is 59.6. The number of nitrogens with two attached hydrogens (primary N) is 1. The van der Waals surface area contributed by atoms with E-state index in [-0.39, 0.29) is 31.1 Å². The van der Waals surface area contributed by atoms with Crippen LogP contribution in [0.25, 0.3) is 0 Å². The van der Waals surface area contributed by atoms with Gasteiger partial charge in [0, 0.05) is 29.1 Å². The Morgan fingerprint density at radius 2 is 1.81 bits per heavy atom. The molecule has 1 aliphatic rings. The maximum atomic E-state index is 12.8. The molecule has 2 aromatic heterocycles. The SMILES string of the molecule is NCC(Cn1ncn(Cc2ccc(N3CCc4ccccc4C3=O)s2)c1=O)=C(F)F.O=C(O)C(F)(F)F. The Balaban J connectivity index is 0.000000479. The lowest BCUT2D eigenvalue weighted by molar-refractivity contribution is -0.192. The molecule has 3 heterocycles. The molecule has 9 nitrogen and oxygen atoms in total. The Bertz CT molecular complexity index is 1370. The first kappa shape index (κ1) is 27.7. The molecule has 4 rings (SSSR count). The number of carboxylic acids is 1. The number of aromatic nitrogens is 3. The molecule has 0 fully saturated rings. The number of anilines is 1. The number of amides is 1. The molecular weight excluding hydrogens is 525 g/mol. The van der Waals surface area contributed by atoms with Crippen LogP contribution >= 0.6 is 11.3 Å². The first-order chi connectivity index (χ1) is 17.4. The molecule has 1 aliphatic heterocycles. The summed E-state index contributed by atoms with van der Waals surface area (Å²) in [6.45, 7) is 0.142. The van der Waals surface area contributed by atoms with Gasteiger partial charge in [0.1, 0.15) is 6.33 Å². The lowest BCUT2D eigenvalue weighted by atomic mass is 9.99. The number of hydrogen-bond donors (Lipinski definition) is 2. The summed E-state index contributed by atoms with van der Waals surface area (Å²) >= 11 is 1.41. The molecule has 1 aromatic carbocycles. The van der Waals surface area contributed by atoms with Crippen LogP contribution < -0.4 is 16.3 Å². The zero-order valence-electron chi connectivity index (χ0n) is 18.9. The number of fused-ring (bicyclic) bond motifs is 1. The quantitative estimate of drug-likeness (QED) is 0.459. The van der Waals surface area contributed by atoms with Crippen LogP contribution in [0.3, 0.4) is 0 Å². The van der Waals surface area contributed by atoms with E-state index in [4.69, 9.17) is 15.6 Å². The number of thiophene rings is 1. The van der Waals surface area contributed by atoms with Crippen molar-refractivity contribution in [3.63, 3.8) is 0 Å². The molecular formula is C22H20F5N5O4S. The summed E-state index contributed by atoms with van der Waals surface area (Å²) in [7, 11) is 0. The highest BCUT2D eigenvalue weighted by molar-refractivity contribution is 7.16. The molecule has 37 heavy (non-hydrogen) atoms. The molecule has 3 N–H and O–H groups in total. The van der Waals surface area contributed by atoms with E-state index in [1.54, 1.807) is 4.90 Å². The molecule has 0 saturated heterocycles. The molecule has 0 unspecified atom stereocenters. The number of halogens is 5. The van der Waals surface area contributed by atoms with Gasteiger partial charge in [0.05, 0.1) is 18.1 Å². The number of carboxylic acid groups (broad SMARTS) is 1. The standard InChI is InChI=1S/C20H19F2N5O2S.C2HF3O2/c21-18(22)14(9-23)10-27-20(29)25(12-24-27)11-15-5-6-17(30-15)26-8-7-13-3-1-2-4-16(13)19(26)28;3-2(4,5)1(6)7/h1-6,12H,7-11,23H2;(H,6,7). The second kappa shape index (κ2) is 11.5. The Morgan fingerprint density at radius 1 is 1.14 bits per heavy atom. The average Bonchev–Trinajstić information content (AvgIpc) is 3.44. The van der Waals surface area contributed by atoms with E-state index in [2.05, 4.69) is 5.10 Å². The maximum Gasteiger partial charge on any atom is 0.490 e. The number of carbonyl (C=O) groups excluding carboxylic acids is 1. The number of carbonyl (C=O) groups is 2. The van der Waals surface area contributed by atoms with Gasteiger partial charge in [-0.15, -0.1) is 11.3 Å². The first-order valence-electron chi connectivity index (χ1n) is 10.6. The predicted molar refractivity (Wildman–Crippen MR) is 124 cm³/mol. The van der Waals surface area contributed by atoms with Gasteiger partial charge in [0.25, 0.3) is 12.0 Å². The number of rotatable bonds is 6. The summed E-state index contributed by atoms with van der Waals surface area (Å²) in [6.07, 6.45) is -4.88. The van der Waals surface area contributed by atoms with Gasteiger partial charge < -0.3 is 10.8 Å². The second-order valence-corrected chi connectivity index (χ2v) is 8.82. The van der Waals surface area contributed by atoms with Crippen molar-refractivity contribution in [2.24, 2.45) is 5.73 Å². The zero-order chi connectivity index (χ0) is 27.3. The third kappa shape index (κ3) is 6.68. The van der Waals surface area contributed by atoms with Crippen molar-refractivity contribution in [3.05, 3.63) is 80.9 Å². The first-order valence-corrected chi connectivity index (χ1v) is 11.4. The molecule has 0 aliphatic carbocycles. The molecule has 3 aromatic rings. The second-order valence-electron chi connectivity index (χ2n) is 7.67. The van der Waals surface area contributed by atoms with E-state index < -0.39 is 23.9 Å². The summed E-state index contributed by atoms with van der Waals surface area (Å²) in [5.74, 6) is -2.79. The zero-order valence-corrected chi connectivity index (χ0v) is 19.7. The molecule has 0 bridgehead atoms. The van der Waals surface area contributed by atoms with Gasteiger partial charge in [-0.05, 0) is 30.2 Å². The van der Waals surface area contributed by atoms with Gasteiger partial charge in [-0.3, -0.25) is 14.3 Å². The molecule has 0 radical (unpaired) electrons. The summed E-state index contributed by atoms with van der Waals surface area (Å²) in [5, 5.41) is 11.8. The summed E-state index contributed by atoms with van der Waals surface area (Å²) in [5.41, 5.74) is 6.22. The normalized spacial score (nSPS) is 13.0. The van der Waals surface area contributed by atoms with Gasteiger partial charge in [0.2, 0.25) is 0 Å². The smallest absolute Gasteiger partial charge is 0.475 e. The van der Waals surface area contributed by atoms with E-state index in [1.807, 2.05) is 36.4 Å². The van der Waals surface area contributed by atoms with Crippen LogP contribution in [-0.4, -0.2) is 50.6 Å². The Morgan fingerprint density at radius 3 is 2.43 bits per heavy atom. The highest BCUT2D eigenvalue weighted by atomic mass is 32.1. The summed E-state index contributed by atoms with van der Waals surface area (Å²) in [6, 6.07) is 11.3. The monoisotopic (exact) mass is 545 g/mol. The average molecular weight is 545 g/mol. The lowest BCUT2D eigenvalue weighted by Crippen LogP contribution is -2.37. The number of aliphatic carboxylic acids is 1. The van der Waals surface area contributed by atoms with Crippen LogP contribution in [0, 0.1) is 0 Å². The van der Waals surface area contributed by atoms with Crippen molar-refractivity contribution in [3.8, 4) is 0 Å². The molecule has 0 atom stereocenters. The minimum Gasteiger partial charge on any atom is -0.475 e. The largest absolute Gasteiger partial charge is 0.490 e. The van der Waals surface area contributed by atoms with Crippen LogP contribution in [0.4, 0.5) is 27.0 Å². The van der Waals surface area contributed by atoms with E-state index in [0.717, 1.165) is 26.5 Å². The fraction of sp³-hybridized carbons (Fsp3) is 0.273. The molecule has 0 saturated carbocycles. The van der Waals surface area contributed by atoms with E-state index in [9.17, 15) is 31.5 Å². The number of alkyl halides is 3. The predicted octanol–water partition coefficient (Wildman–Crippen LogP) is 3.10. The van der Waals surface area contributed by atoms with Crippen molar-refractivity contribution in [2.45, 2.75) is 25.7 Å². The van der Waals surface area contributed by atoms with Crippen LogP contribution in [0.5, 0.6) is 0 Å². The highest BCUT2D eigenvalue weighted by Gasteiger charge is 2.38. The number of nitrogens with zero attached hydrogens (tertiary/aromatic N) is 4. The van der Waals surface area contributed by atoms with Gasteiger partial charge in [-0.1, -0.05) is 18.2 Å².